The first-order valence-corrected chi connectivity index (χ1v) is 4.62. The number of hydrogen-bond donors (Lipinski definition) is 0. The summed E-state index contributed by atoms with van der Waals surface area (Å²) in [4.78, 5) is 11.1. The number of carbonyl (C=O) groups excluding carboxylic acids is 1. The molecule has 0 saturated heterocycles. The minimum absolute atomic E-state index is 0.294. The summed E-state index contributed by atoms with van der Waals surface area (Å²) in [6, 6.07) is 2.13. The van der Waals surface area contributed by atoms with Crippen LogP contribution in [0.3, 0.4) is 0 Å². The van der Waals surface area contributed by atoms with Crippen molar-refractivity contribution in [2.45, 2.75) is 19.5 Å². The molecule has 1 rings (SSSR count). The minimum atomic E-state index is -5.01. The fourth-order valence-electron chi connectivity index (χ4n) is 1.43. The molecule has 0 N–H and O–H groups in total. The molecular weight excluding hydrogens is 257 g/mol. The molecule has 0 bridgehead atoms. The van der Waals surface area contributed by atoms with Crippen LogP contribution in [0.15, 0.2) is 12.1 Å². The van der Waals surface area contributed by atoms with Crippen LogP contribution in [-0.2, 0) is 6.18 Å². The van der Waals surface area contributed by atoms with Crippen LogP contribution in [0.4, 0.5) is 22.0 Å². The lowest BCUT2D eigenvalue weighted by Gasteiger charge is -2.14. The second-order valence-electron chi connectivity index (χ2n) is 3.45. The third kappa shape index (κ3) is 2.64. The van der Waals surface area contributed by atoms with Gasteiger partial charge in [-0.05, 0) is 19.1 Å². The van der Waals surface area contributed by atoms with Crippen LogP contribution in [0, 0.1) is 11.3 Å². The first kappa shape index (κ1) is 14.1. The van der Waals surface area contributed by atoms with E-state index in [1.54, 1.807) is 0 Å². The molecule has 0 radical (unpaired) electrons. The molecule has 0 aliphatic rings. The van der Waals surface area contributed by atoms with Crippen LogP contribution in [-0.4, -0.2) is 5.78 Å². The molecule has 1 aromatic carbocycles. The van der Waals surface area contributed by atoms with Gasteiger partial charge in [-0.2, -0.15) is 18.4 Å². The summed E-state index contributed by atoms with van der Waals surface area (Å²) in [5, 5.41) is 8.64. The van der Waals surface area contributed by atoms with E-state index in [2.05, 4.69) is 0 Å². The van der Waals surface area contributed by atoms with Gasteiger partial charge >= 0.3 is 6.18 Å². The summed E-state index contributed by atoms with van der Waals surface area (Å²) in [5.74, 6) is -0.794. The van der Waals surface area contributed by atoms with Gasteiger partial charge in [0, 0.05) is 11.1 Å². The minimum Gasteiger partial charge on any atom is -0.294 e. The summed E-state index contributed by atoms with van der Waals surface area (Å²) in [5.41, 5.74) is -3.91. The number of ketones is 1. The highest BCUT2D eigenvalue weighted by atomic mass is 19.4. The van der Waals surface area contributed by atoms with Crippen molar-refractivity contribution in [3.63, 3.8) is 0 Å². The van der Waals surface area contributed by atoms with Crippen molar-refractivity contribution >= 4 is 5.78 Å². The maximum atomic E-state index is 12.6. The number of hydrogen-bond acceptors (Lipinski definition) is 2. The Hall–Kier alpha value is -1.97. The fraction of sp³-hybridized carbons (Fsp3) is 0.273. The number of benzene rings is 1. The maximum Gasteiger partial charge on any atom is 0.416 e. The van der Waals surface area contributed by atoms with Gasteiger partial charge in [-0.3, -0.25) is 4.79 Å². The average Bonchev–Trinajstić information content (AvgIpc) is 2.25. The van der Waals surface area contributed by atoms with Gasteiger partial charge in [0.2, 0.25) is 0 Å². The Morgan fingerprint density at radius 2 is 1.89 bits per heavy atom. The number of carbonyl (C=O) groups is 1. The molecule has 0 spiro atoms. The van der Waals surface area contributed by atoms with E-state index in [1.807, 2.05) is 0 Å². The Labute approximate surface area is 98.6 Å². The van der Waals surface area contributed by atoms with Gasteiger partial charge in [-0.25, -0.2) is 8.78 Å². The monoisotopic (exact) mass is 263 g/mol. The summed E-state index contributed by atoms with van der Waals surface area (Å²) in [6.45, 7) is 0.957. The first-order chi connectivity index (χ1) is 8.18. The molecule has 0 aliphatic heterocycles. The Kier molecular flexibility index (Phi) is 3.70. The Morgan fingerprint density at radius 1 is 1.33 bits per heavy atom. The van der Waals surface area contributed by atoms with Gasteiger partial charge in [0.15, 0.2) is 5.78 Å². The predicted molar refractivity (Wildman–Crippen MR) is 51.1 cm³/mol. The average molecular weight is 263 g/mol. The van der Waals surface area contributed by atoms with E-state index in [0.29, 0.717) is 12.1 Å². The maximum absolute atomic E-state index is 12.6. The second-order valence-corrected chi connectivity index (χ2v) is 3.45. The third-order valence-electron chi connectivity index (χ3n) is 2.23. The molecule has 1 aromatic rings. The van der Waals surface area contributed by atoms with Crippen molar-refractivity contribution in [1.82, 2.24) is 0 Å². The molecule has 0 atom stereocenters. The topological polar surface area (TPSA) is 40.9 Å². The standard InChI is InChI=1S/C11H6F5NO/c1-5(18)7-3-9(11(14,15)16)8(10(12)13)2-6(7)4-17/h2-3,10H,1H3. The fourth-order valence-corrected chi connectivity index (χ4v) is 1.43. The molecule has 0 saturated carbocycles. The number of Topliss-reactive ketones (excluding diaryl/α,β-unsaturated/α-hetero) is 1. The Morgan fingerprint density at radius 3 is 2.22 bits per heavy atom. The van der Waals surface area contributed by atoms with Crippen LogP contribution in [0.5, 0.6) is 0 Å². The van der Waals surface area contributed by atoms with Gasteiger partial charge in [0.25, 0.3) is 6.43 Å². The predicted octanol–water partition coefficient (Wildman–Crippen LogP) is 3.72. The summed E-state index contributed by atoms with van der Waals surface area (Å²) >= 11 is 0. The van der Waals surface area contributed by atoms with E-state index in [1.165, 1.54) is 6.07 Å². The molecule has 18 heavy (non-hydrogen) atoms. The molecule has 2 nitrogen and oxygen atoms in total. The van der Waals surface area contributed by atoms with E-state index in [9.17, 15) is 26.7 Å². The highest BCUT2D eigenvalue weighted by Gasteiger charge is 2.37. The zero-order chi connectivity index (χ0) is 14.1. The highest BCUT2D eigenvalue weighted by Crippen LogP contribution is 2.37. The molecule has 0 aromatic heterocycles. The molecule has 0 amide bonds. The van der Waals surface area contributed by atoms with Crippen molar-refractivity contribution in [2.75, 3.05) is 0 Å². The van der Waals surface area contributed by atoms with Crippen molar-refractivity contribution in [3.05, 3.63) is 34.4 Å². The van der Waals surface area contributed by atoms with Gasteiger partial charge in [-0.1, -0.05) is 0 Å². The van der Waals surface area contributed by atoms with Crippen LogP contribution >= 0.6 is 0 Å². The molecule has 0 aliphatic carbocycles. The van der Waals surface area contributed by atoms with Gasteiger partial charge in [0.1, 0.15) is 0 Å². The lowest BCUT2D eigenvalue weighted by molar-refractivity contribution is -0.139. The van der Waals surface area contributed by atoms with Crippen molar-refractivity contribution in [2.24, 2.45) is 0 Å². The van der Waals surface area contributed by atoms with Crippen molar-refractivity contribution in [3.8, 4) is 6.07 Å². The summed E-state index contributed by atoms with van der Waals surface area (Å²) in [6.07, 6.45) is -8.39. The van der Waals surface area contributed by atoms with Crippen LogP contribution in [0.2, 0.25) is 0 Å². The number of nitrogens with zero attached hydrogens (tertiary/aromatic N) is 1. The summed E-state index contributed by atoms with van der Waals surface area (Å²) < 4.78 is 62.7. The lowest BCUT2D eigenvalue weighted by Crippen LogP contribution is -2.12. The normalized spacial score (nSPS) is 11.4. The smallest absolute Gasteiger partial charge is 0.294 e. The largest absolute Gasteiger partial charge is 0.416 e. The zero-order valence-corrected chi connectivity index (χ0v) is 8.98. The molecule has 0 unspecified atom stereocenters. The molecule has 7 heteroatoms. The van der Waals surface area contributed by atoms with Gasteiger partial charge < -0.3 is 0 Å². The van der Waals surface area contributed by atoms with E-state index in [-0.39, 0.29) is 0 Å². The summed E-state index contributed by atoms with van der Waals surface area (Å²) in [7, 11) is 0. The van der Waals surface area contributed by atoms with E-state index < -0.39 is 40.6 Å². The molecular formula is C11H6F5NO. The molecule has 0 heterocycles. The van der Waals surface area contributed by atoms with E-state index >= 15 is 0 Å². The zero-order valence-electron chi connectivity index (χ0n) is 8.98. The van der Waals surface area contributed by atoms with Crippen LogP contribution in [0.25, 0.3) is 0 Å². The first-order valence-electron chi connectivity index (χ1n) is 4.62. The second kappa shape index (κ2) is 4.72. The number of alkyl halides is 5. The number of halogens is 5. The van der Waals surface area contributed by atoms with Crippen molar-refractivity contribution < 1.29 is 26.7 Å². The highest BCUT2D eigenvalue weighted by molar-refractivity contribution is 5.96. The Bertz CT molecular complexity index is 527. The molecule has 96 valence electrons. The van der Waals surface area contributed by atoms with Gasteiger partial charge in [-0.15, -0.1) is 0 Å². The number of nitriles is 1. The molecule has 0 fully saturated rings. The van der Waals surface area contributed by atoms with Crippen LogP contribution in [0.1, 0.15) is 40.4 Å². The lowest BCUT2D eigenvalue weighted by atomic mass is 9.96. The van der Waals surface area contributed by atoms with E-state index in [4.69, 9.17) is 5.26 Å². The van der Waals surface area contributed by atoms with Crippen molar-refractivity contribution in [1.29, 1.82) is 5.26 Å². The Balaban J connectivity index is 3.65. The SMILES string of the molecule is CC(=O)c1cc(C(F)(F)F)c(C(F)F)cc1C#N. The van der Waals surface area contributed by atoms with E-state index in [0.717, 1.165) is 6.92 Å². The van der Waals surface area contributed by atoms with Crippen LogP contribution < -0.4 is 0 Å². The quantitative estimate of drug-likeness (QED) is 0.602. The van der Waals surface area contributed by atoms with Gasteiger partial charge in [0.05, 0.1) is 17.2 Å². The number of rotatable bonds is 2. The third-order valence-corrected chi connectivity index (χ3v) is 2.23.